The molecule has 1 heterocycles. The molecule has 0 spiro atoms. The minimum Gasteiger partial charge on any atom is -0.495 e. The average molecular weight is 475 g/mol. The number of rotatable bonds is 8. The topological polar surface area (TPSA) is 115 Å². The number of carbonyl (C=O) groups excluding carboxylic acids is 2. The molecule has 0 aliphatic rings. The zero-order chi connectivity index (χ0) is 24.3. The van der Waals surface area contributed by atoms with Crippen LogP contribution in [0, 0.1) is 13.8 Å². The number of amides is 1. The highest BCUT2D eigenvalue weighted by atomic mass is 32.2. The summed E-state index contributed by atoms with van der Waals surface area (Å²) in [6.45, 7) is 3.41. The zero-order valence-electron chi connectivity index (χ0n) is 19.1. The molecule has 1 amide bonds. The number of nitrogens with zero attached hydrogens (tertiary/aromatic N) is 1. The highest BCUT2D eigenvalue weighted by molar-refractivity contribution is 7.89. The van der Waals surface area contributed by atoms with Gasteiger partial charge in [0.25, 0.3) is 5.91 Å². The number of hydrogen-bond acceptors (Lipinski definition) is 7. The standard InChI is InChI=1S/C23H26N2O7S/c1-14-8-18-16(12-31-21(18)9-15(14)2)10-23(27)32-13-22(26)24-19-11-17(6-7-20(19)30-5)33(28,29)25(3)4/h6-9,11-12H,10,13H2,1-5H3,(H,24,26). The number of furan rings is 1. The average Bonchev–Trinajstić information content (AvgIpc) is 3.13. The molecular formula is C23H26N2O7S. The van der Waals surface area contributed by atoms with E-state index in [4.69, 9.17) is 13.9 Å². The van der Waals surface area contributed by atoms with E-state index in [2.05, 4.69) is 5.32 Å². The van der Waals surface area contributed by atoms with E-state index in [0.717, 1.165) is 20.8 Å². The predicted octanol–water partition coefficient (Wildman–Crippen LogP) is 3.03. The molecule has 2 aromatic carbocycles. The fourth-order valence-corrected chi connectivity index (χ4v) is 4.10. The number of ether oxygens (including phenoxy) is 2. The van der Waals surface area contributed by atoms with E-state index in [1.165, 1.54) is 45.7 Å². The van der Waals surface area contributed by atoms with Crippen LogP contribution in [-0.4, -0.2) is 52.4 Å². The summed E-state index contributed by atoms with van der Waals surface area (Å²) < 4.78 is 41.6. The lowest BCUT2D eigenvalue weighted by Crippen LogP contribution is -2.24. The van der Waals surface area contributed by atoms with Crippen LogP contribution < -0.4 is 10.1 Å². The molecule has 1 aromatic heterocycles. The minimum absolute atomic E-state index is 0.0158. The van der Waals surface area contributed by atoms with Crippen molar-refractivity contribution in [1.29, 1.82) is 0 Å². The number of fused-ring (bicyclic) bond motifs is 1. The van der Waals surface area contributed by atoms with E-state index < -0.39 is 28.5 Å². The lowest BCUT2D eigenvalue weighted by molar-refractivity contribution is -0.146. The fourth-order valence-electron chi connectivity index (χ4n) is 3.17. The smallest absolute Gasteiger partial charge is 0.310 e. The van der Waals surface area contributed by atoms with E-state index in [9.17, 15) is 18.0 Å². The molecule has 3 aromatic rings. The Morgan fingerprint density at radius 3 is 2.45 bits per heavy atom. The van der Waals surface area contributed by atoms with Crippen molar-refractivity contribution in [3.63, 3.8) is 0 Å². The van der Waals surface area contributed by atoms with Crippen molar-refractivity contribution in [2.75, 3.05) is 33.1 Å². The van der Waals surface area contributed by atoms with E-state index in [1.54, 1.807) is 0 Å². The lowest BCUT2D eigenvalue weighted by Gasteiger charge is -2.15. The summed E-state index contributed by atoms with van der Waals surface area (Å²) in [7, 11) is 0.497. The van der Waals surface area contributed by atoms with E-state index >= 15 is 0 Å². The maximum absolute atomic E-state index is 12.4. The molecule has 176 valence electrons. The number of aryl methyl sites for hydroxylation is 2. The number of carbonyl (C=O) groups is 2. The Labute approximate surface area is 192 Å². The van der Waals surface area contributed by atoms with Gasteiger partial charge in [-0.1, -0.05) is 0 Å². The van der Waals surface area contributed by atoms with Crippen molar-refractivity contribution in [2.45, 2.75) is 25.2 Å². The van der Waals surface area contributed by atoms with Crippen LogP contribution in [0.2, 0.25) is 0 Å². The second-order valence-electron chi connectivity index (χ2n) is 7.73. The largest absolute Gasteiger partial charge is 0.495 e. The van der Waals surface area contributed by atoms with Crippen molar-refractivity contribution in [3.8, 4) is 5.75 Å². The number of esters is 1. The third-order valence-corrected chi connectivity index (χ3v) is 7.00. The van der Waals surface area contributed by atoms with Gasteiger partial charge in [-0.2, -0.15) is 0 Å². The number of sulfonamides is 1. The van der Waals surface area contributed by atoms with Crippen molar-refractivity contribution in [1.82, 2.24) is 4.31 Å². The van der Waals surface area contributed by atoms with Crippen LogP contribution >= 0.6 is 0 Å². The first kappa shape index (κ1) is 24.3. The van der Waals surface area contributed by atoms with Crippen LogP contribution in [-0.2, 0) is 30.8 Å². The van der Waals surface area contributed by atoms with Gasteiger partial charge in [-0.05, 0) is 55.3 Å². The highest BCUT2D eigenvalue weighted by Crippen LogP contribution is 2.29. The van der Waals surface area contributed by atoms with Gasteiger partial charge < -0.3 is 19.2 Å². The fraction of sp³-hybridized carbons (Fsp3) is 0.304. The lowest BCUT2D eigenvalue weighted by atomic mass is 10.0. The molecule has 0 atom stereocenters. The highest BCUT2D eigenvalue weighted by Gasteiger charge is 2.20. The van der Waals surface area contributed by atoms with Gasteiger partial charge in [0.15, 0.2) is 6.61 Å². The Morgan fingerprint density at radius 1 is 1.09 bits per heavy atom. The number of benzene rings is 2. The summed E-state index contributed by atoms with van der Waals surface area (Å²) in [6.07, 6.45) is 1.45. The Hall–Kier alpha value is -3.37. The Balaban J connectivity index is 1.66. The Morgan fingerprint density at radius 2 is 1.79 bits per heavy atom. The molecule has 1 N–H and O–H groups in total. The SMILES string of the molecule is COc1ccc(S(=O)(=O)N(C)C)cc1NC(=O)COC(=O)Cc1coc2cc(C)c(C)cc12. The first-order chi connectivity index (χ1) is 15.5. The van der Waals surface area contributed by atoms with Crippen LogP contribution in [0.15, 0.2) is 45.9 Å². The van der Waals surface area contributed by atoms with E-state index in [0.29, 0.717) is 11.1 Å². The van der Waals surface area contributed by atoms with Crippen molar-refractivity contribution in [3.05, 3.63) is 53.3 Å². The molecule has 10 heteroatoms. The van der Waals surface area contributed by atoms with Gasteiger partial charge in [0.2, 0.25) is 10.0 Å². The number of methoxy groups -OCH3 is 1. The quantitative estimate of drug-likeness (QED) is 0.499. The van der Waals surface area contributed by atoms with Crippen LogP contribution in [0.1, 0.15) is 16.7 Å². The summed E-state index contributed by atoms with van der Waals surface area (Å²) in [5, 5.41) is 3.35. The molecule has 0 saturated carbocycles. The van der Waals surface area contributed by atoms with E-state index in [1.807, 2.05) is 26.0 Å². The summed E-state index contributed by atoms with van der Waals surface area (Å²) in [5.41, 5.74) is 3.65. The van der Waals surface area contributed by atoms with Gasteiger partial charge in [-0.15, -0.1) is 0 Å². The van der Waals surface area contributed by atoms with Crippen molar-refractivity contribution in [2.24, 2.45) is 0 Å². The normalized spacial score (nSPS) is 11.6. The van der Waals surface area contributed by atoms with Gasteiger partial charge >= 0.3 is 5.97 Å². The zero-order valence-corrected chi connectivity index (χ0v) is 19.9. The number of nitrogens with one attached hydrogen (secondary N) is 1. The molecule has 3 rings (SSSR count). The van der Waals surface area contributed by atoms with Crippen LogP contribution in [0.5, 0.6) is 5.75 Å². The summed E-state index contributed by atoms with van der Waals surface area (Å²) in [4.78, 5) is 24.6. The van der Waals surface area contributed by atoms with Crippen LogP contribution in [0.4, 0.5) is 5.69 Å². The van der Waals surface area contributed by atoms with Crippen molar-refractivity contribution >= 4 is 38.6 Å². The number of anilines is 1. The molecule has 0 bridgehead atoms. The van der Waals surface area contributed by atoms with Crippen molar-refractivity contribution < 1.29 is 31.9 Å². The van der Waals surface area contributed by atoms with E-state index in [-0.39, 0.29) is 22.8 Å². The summed E-state index contributed by atoms with van der Waals surface area (Å²) >= 11 is 0. The minimum atomic E-state index is -3.71. The first-order valence-corrected chi connectivity index (χ1v) is 11.5. The molecule has 0 radical (unpaired) electrons. The van der Waals surface area contributed by atoms with Gasteiger partial charge in [0.05, 0.1) is 30.4 Å². The summed E-state index contributed by atoms with van der Waals surface area (Å²) in [6, 6.07) is 7.96. The third-order valence-electron chi connectivity index (χ3n) is 5.19. The van der Waals surface area contributed by atoms with Gasteiger partial charge in [-0.25, -0.2) is 12.7 Å². The molecular weight excluding hydrogens is 448 g/mol. The molecule has 0 unspecified atom stereocenters. The van der Waals surface area contributed by atoms with Gasteiger partial charge in [0.1, 0.15) is 11.3 Å². The molecule has 9 nitrogen and oxygen atoms in total. The van der Waals surface area contributed by atoms with Crippen LogP contribution in [0.25, 0.3) is 11.0 Å². The molecule has 33 heavy (non-hydrogen) atoms. The monoisotopic (exact) mass is 474 g/mol. The second-order valence-corrected chi connectivity index (χ2v) is 9.88. The Bertz CT molecular complexity index is 1310. The third kappa shape index (κ3) is 5.35. The predicted molar refractivity (Wildman–Crippen MR) is 123 cm³/mol. The number of hydrogen-bond donors (Lipinski definition) is 1. The maximum Gasteiger partial charge on any atom is 0.310 e. The summed E-state index contributed by atoms with van der Waals surface area (Å²) in [5.74, 6) is -0.963. The van der Waals surface area contributed by atoms with Crippen LogP contribution in [0.3, 0.4) is 0 Å². The van der Waals surface area contributed by atoms with Gasteiger partial charge in [0, 0.05) is 25.0 Å². The molecule has 0 fully saturated rings. The molecule has 0 aliphatic carbocycles. The van der Waals surface area contributed by atoms with Gasteiger partial charge in [-0.3, -0.25) is 9.59 Å². The Kier molecular flexibility index (Phi) is 7.09. The first-order valence-electron chi connectivity index (χ1n) is 10.1. The second kappa shape index (κ2) is 9.63. The molecule has 0 aliphatic heterocycles. The molecule has 0 saturated heterocycles. The maximum atomic E-state index is 12.4.